The lowest BCUT2D eigenvalue weighted by atomic mass is 10.0. The second-order valence-electron chi connectivity index (χ2n) is 6.71. The summed E-state index contributed by atoms with van der Waals surface area (Å²) in [6.07, 6.45) is 1.98. The van der Waals surface area contributed by atoms with Crippen LogP contribution in [-0.4, -0.2) is 38.1 Å². The van der Waals surface area contributed by atoms with E-state index in [1.165, 1.54) is 20.3 Å². The van der Waals surface area contributed by atoms with Crippen LogP contribution in [0.25, 0.3) is 0 Å². The van der Waals surface area contributed by atoms with E-state index in [4.69, 9.17) is 9.47 Å². The molecule has 8 heteroatoms. The Bertz CT molecular complexity index is 1130. The molecule has 6 nitrogen and oxygen atoms in total. The second kappa shape index (κ2) is 7.85. The van der Waals surface area contributed by atoms with E-state index in [2.05, 4.69) is 20.5 Å². The first-order chi connectivity index (χ1) is 14.0. The molecular weight excluding hydrogens is 456 g/mol. The topological polar surface area (TPSA) is 60.8 Å². The molecule has 0 saturated heterocycles. The fourth-order valence-electron chi connectivity index (χ4n) is 3.72. The summed E-state index contributed by atoms with van der Waals surface area (Å²) in [4.78, 5) is 0.0986. The quantitative estimate of drug-likeness (QED) is 0.556. The van der Waals surface area contributed by atoms with Crippen molar-refractivity contribution in [1.82, 2.24) is 8.87 Å². The van der Waals surface area contributed by atoms with Gasteiger partial charge in [-0.05, 0) is 42.0 Å². The van der Waals surface area contributed by atoms with Crippen molar-refractivity contribution in [1.29, 1.82) is 0 Å². The van der Waals surface area contributed by atoms with Crippen molar-refractivity contribution < 1.29 is 17.9 Å². The fourth-order valence-corrected chi connectivity index (χ4v) is 5.73. The van der Waals surface area contributed by atoms with E-state index in [0.29, 0.717) is 24.6 Å². The third-order valence-corrected chi connectivity index (χ3v) is 7.55. The summed E-state index contributed by atoms with van der Waals surface area (Å²) in [5, 5.41) is 0. The maximum Gasteiger partial charge on any atom is 0.247 e. The Kier molecular flexibility index (Phi) is 5.42. The van der Waals surface area contributed by atoms with Gasteiger partial charge < -0.3 is 14.0 Å². The zero-order valence-corrected chi connectivity index (χ0v) is 18.5. The van der Waals surface area contributed by atoms with Crippen LogP contribution in [0.15, 0.2) is 70.2 Å². The Morgan fingerprint density at radius 3 is 2.45 bits per heavy atom. The predicted molar refractivity (Wildman–Crippen MR) is 114 cm³/mol. The van der Waals surface area contributed by atoms with Gasteiger partial charge in [0.05, 0.1) is 20.3 Å². The number of rotatable bonds is 5. The molecular formula is C21H21BrN2O4S. The van der Waals surface area contributed by atoms with Crippen molar-refractivity contribution >= 4 is 26.0 Å². The van der Waals surface area contributed by atoms with Crippen molar-refractivity contribution in [2.45, 2.75) is 17.5 Å². The molecule has 3 aromatic rings. The van der Waals surface area contributed by atoms with Crippen LogP contribution in [0.5, 0.6) is 11.5 Å². The number of aromatic nitrogens is 1. The molecule has 0 bridgehead atoms. The van der Waals surface area contributed by atoms with Crippen LogP contribution < -0.4 is 9.47 Å². The van der Waals surface area contributed by atoms with E-state index >= 15 is 0 Å². The number of hydrogen-bond donors (Lipinski definition) is 0. The first kappa shape index (κ1) is 20.0. The maximum absolute atomic E-state index is 13.8. The molecule has 2 heterocycles. The minimum Gasteiger partial charge on any atom is -0.497 e. The summed E-state index contributed by atoms with van der Waals surface area (Å²) in [6.45, 7) is 0.936. The smallest absolute Gasteiger partial charge is 0.247 e. The van der Waals surface area contributed by atoms with Crippen LogP contribution >= 0.6 is 15.9 Å². The molecule has 0 N–H and O–H groups in total. The van der Waals surface area contributed by atoms with Crippen LogP contribution in [0.3, 0.4) is 0 Å². The van der Waals surface area contributed by atoms with Gasteiger partial charge in [0, 0.05) is 35.5 Å². The highest BCUT2D eigenvalue weighted by Crippen LogP contribution is 2.39. The third-order valence-electron chi connectivity index (χ3n) is 5.14. The van der Waals surface area contributed by atoms with Gasteiger partial charge in [-0.15, -0.1) is 0 Å². The second-order valence-corrected chi connectivity index (χ2v) is 9.49. The molecule has 2 aromatic carbocycles. The number of methoxy groups -OCH3 is 2. The van der Waals surface area contributed by atoms with Crippen LogP contribution in [-0.2, 0) is 16.6 Å². The third kappa shape index (κ3) is 3.56. The molecule has 1 aliphatic heterocycles. The molecule has 1 aliphatic rings. The summed E-state index contributed by atoms with van der Waals surface area (Å²) in [7, 11) is -0.885. The highest BCUT2D eigenvalue weighted by Gasteiger charge is 2.39. The zero-order chi connectivity index (χ0) is 20.6. The normalized spacial score (nSPS) is 17.0. The zero-order valence-electron chi connectivity index (χ0n) is 16.1. The van der Waals surface area contributed by atoms with Gasteiger partial charge in [-0.1, -0.05) is 28.1 Å². The number of hydrogen-bond acceptors (Lipinski definition) is 4. The lowest BCUT2D eigenvalue weighted by Gasteiger charge is -2.36. The lowest BCUT2D eigenvalue weighted by Crippen LogP contribution is -2.42. The van der Waals surface area contributed by atoms with Gasteiger partial charge in [-0.2, -0.15) is 4.31 Å². The van der Waals surface area contributed by atoms with E-state index in [1.54, 1.807) is 16.4 Å². The van der Waals surface area contributed by atoms with Gasteiger partial charge in [0.15, 0.2) is 0 Å². The number of benzene rings is 2. The molecule has 0 radical (unpaired) electrons. The highest BCUT2D eigenvalue weighted by atomic mass is 79.9. The van der Waals surface area contributed by atoms with Crippen molar-refractivity contribution in [2.24, 2.45) is 0 Å². The summed E-state index contributed by atoms with van der Waals surface area (Å²) in [6, 6.07) is 16.0. The first-order valence-corrected chi connectivity index (χ1v) is 11.3. The largest absolute Gasteiger partial charge is 0.497 e. The van der Waals surface area contributed by atoms with E-state index < -0.39 is 16.1 Å². The number of fused-ring (bicyclic) bond motifs is 1. The average molecular weight is 477 g/mol. The summed E-state index contributed by atoms with van der Waals surface area (Å²) in [5.74, 6) is 0.756. The molecule has 0 amide bonds. The van der Waals surface area contributed by atoms with Gasteiger partial charge in [-0.25, -0.2) is 8.42 Å². The standard InChI is InChI=1S/C21H21BrN2O4S/c1-27-17-9-10-19(28-2)20(14-17)29(25,26)24-13-12-23-11-3-4-18(23)21(24)15-5-7-16(22)8-6-15/h3-11,14,21H,12-13H2,1-2H3/t21-/m0/s1. The molecule has 1 aromatic heterocycles. The van der Waals surface area contributed by atoms with Crippen LogP contribution in [0.2, 0.25) is 0 Å². The molecule has 0 unspecified atom stereocenters. The highest BCUT2D eigenvalue weighted by molar-refractivity contribution is 9.10. The number of halogens is 1. The molecule has 152 valence electrons. The summed E-state index contributed by atoms with van der Waals surface area (Å²) in [5.41, 5.74) is 1.84. The maximum atomic E-state index is 13.8. The Balaban J connectivity index is 1.87. The molecule has 0 fully saturated rings. The minimum absolute atomic E-state index is 0.0986. The number of sulfonamides is 1. The Hall–Kier alpha value is -2.29. The van der Waals surface area contributed by atoms with Crippen molar-refractivity contribution in [3.05, 3.63) is 76.5 Å². The van der Waals surface area contributed by atoms with Gasteiger partial charge >= 0.3 is 0 Å². The van der Waals surface area contributed by atoms with Crippen LogP contribution in [0.1, 0.15) is 17.3 Å². The Morgan fingerprint density at radius 2 is 1.76 bits per heavy atom. The molecule has 0 spiro atoms. The summed E-state index contributed by atoms with van der Waals surface area (Å²) >= 11 is 3.45. The molecule has 0 saturated carbocycles. The van der Waals surface area contributed by atoms with E-state index in [-0.39, 0.29) is 4.90 Å². The van der Waals surface area contributed by atoms with Crippen molar-refractivity contribution in [2.75, 3.05) is 20.8 Å². The minimum atomic E-state index is -3.86. The first-order valence-electron chi connectivity index (χ1n) is 9.10. The number of nitrogens with zero attached hydrogens (tertiary/aromatic N) is 2. The Labute approximate surface area is 178 Å². The fraction of sp³-hybridized carbons (Fsp3) is 0.238. The van der Waals surface area contributed by atoms with Gasteiger partial charge in [0.1, 0.15) is 16.4 Å². The van der Waals surface area contributed by atoms with Gasteiger partial charge in [0.2, 0.25) is 10.0 Å². The van der Waals surface area contributed by atoms with Crippen LogP contribution in [0, 0.1) is 0 Å². The Morgan fingerprint density at radius 1 is 1.00 bits per heavy atom. The SMILES string of the molecule is COc1ccc(OC)c(S(=O)(=O)N2CCn3cccc3[C@@H]2c2ccc(Br)cc2)c1. The lowest BCUT2D eigenvalue weighted by molar-refractivity contribution is 0.296. The predicted octanol–water partition coefficient (Wildman–Crippen LogP) is 4.06. The van der Waals surface area contributed by atoms with Gasteiger partial charge in [0.25, 0.3) is 0 Å². The van der Waals surface area contributed by atoms with Crippen molar-refractivity contribution in [3.63, 3.8) is 0 Å². The van der Waals surface area contributed by atoms with Crippen molar-refractivity contribution in [3.8, 4) is 11.5 Å². The average Bonchev–Trinajstić information content (AvgIpc) is 3.22. The van der Waals surface area contributed by atoms with E-state index in [9.17, 15) is 8.42 Å². The van der Waals surface area contributed by atoms with Gasteiger partial charge in [-0.3, -0.25) is 0 Å². The van der Waals surface area contributed by atoms with E-state index in [1.807, 2.05) is 42.6 Å². The molecule has 4 rings (SSSR count). The monoisotopic (exact) mass is 476 g/mol. The van der Waals surface area contributed by atoms with E-state index in [0.717, 1.165) is 15.7 Å². The number of ether oxygens (including phenoxy) is 2. The molecule has 1 atom stereocenters. The summed E-state index contributed by atoms with van der Waals surface area (Å²) < 4.78 is 42.8. The molecule has 0 aliphatic carbocycles. The molecule has 29 heavy (non-hydrogen) atoms. The van der Waals surface area contributed by atoms with Crippen LogP contribution in [0.4, 0.5) is 0 Å².